The van der Waals surface area contributed by atoms with Crippen molar-refractivity contribution >= 4 is 23.2 Å². The lowest BCUT2D eigenvalue weighted by Gasteiger charge is -2.15. The Morgan fingerprint density at radius 1 is 1.06 bits per heavy atom. The molecule has 0 bridgehead atoms. The molecule has 0 spiro atoms. The number of methoxy groups -OCH3 is 1. The minimum absolute atomic E-state index is 0.131. The fraction of sp³-hybridized carbons (Fsp3) is 0.261. The zero-order valence-electron chi connectivity index (χ0n) is 18.4. The van der Waals surface area contributed by atoms with Crippen LogP contribution in [-0.2, 0) is 6.54 Å². The van der Waals surface area contributed by atoms with Gasteiger partial charge in [-0.15, -0.1) is 5.10 Å². The van der Waals surface area contributed by atoms with Crippen molar-refractivity contribution in [1.29, 1.82) is 0 Å². The van der Waals surface area contributed by atoms with E-state index in [1.807, 2.05) is 0 Å². The first-order chi connectivity index (χ1) is 16.8. The minimum Gasteiger partial charge on any atom is -0.494 e. The summed E-state index contributed by atoms with van der Waals surface area (Å²) < 4.78 is 64.7. The summed E-state index contributed by atoms with van der Waals surface area (Å²) in [6.45, 7) is 0.546. The number of halogens is 5. The summed E-state index contributed by atoms with van der Waals surface area (Å²) >= 11 is 5.85. The summed E-state index contributed by atoms with van der Waals surface area (Å²) in [7, 11) is 1.41. The molecule has 35 heavy (non-hydrogen) atoms. The van der Waals surface area contributed by atoms with Crippen LogP contribution in [0.4, 0.5) is 29.2 Å². The number of nitrogens with zero attached hydrogens (tertiary/aromatic N) is 5. The number of aryl methyl sites for hydroxylation is 1. The van der Waals surface area contributed by atoms with Gasteiger partial charge in [-0.2, -0.15) is 4.98 Å². The van der Waals surface area contributed by atoms with Gasteiger partial charge in [-0.25, -0.2) is 27.2 Å². The van der Waals surface area contributed by atoms with Gasteiger partial charge >= 0.3 is 0 Å². The molecule has 5 rings (SSSR count). The molecule has 0 saturated carbocycles. The highest BCUT2D eigenvalue weighted by Gasteiger charge is 2.27. The number of aromatic nitrogens is 5. The maximum Gasteiger partial charge on any atom is 0.246 e. The first-order valence-corrected chi connectivity index (χ1v) is 11.2. The normalized spacial score (nSPS) is 15.5. The molecule has 0 saturated heterocycles. The number of anilines is 2. The van der Waals surface area contributed by atoms with Crippen LogP contribution in [0.2, 0.25) is 5.15 Å². The first kappa shape index (κ1) is 23.2. The van der Waals surface area contributed by atoms with Crippen LogP contribution in [0.5, 0.6) is 5.75 Å². The molecule has 182 valence electrons. The van der Waals surface area contributed by atoms with Crippen LogP contribution >= 0.6 is 11.6 Å². The number of rotatable bonds is 5. The van der Waals surface area contributed by atoms with Gasteiger partial charge < -0.3 is 10.1 Å². The minimum atomic E-state index is -1.51. The van der Waals surface area contributed by atoms with Crippen molar-refractivity contribution in [3.05, 3.63) is 76.6 Å². The third-order valence-corrected chi connectivity index (χ3v) is 6.04. The fourth-order valence-electron chi connectivity index (χ4n) is 4.26. The Hall–Kier alpha value is -3.60. The molecular weight excluding hydrogens is 488 g/mol. The van der Waals surface area contributed by atoms with Crippen LogP contribution in [0.15, 0.2) is 36.8 Å². The van der Waals surface area contributed by atoms with Crippen molar-refractivity contribution < 1.29 is 22.3 Å². The molecule has 3 heterocycles. The summed E-state index contributed by atoms with van der Waals surface area (Å²) in [5, 5.41) is 7.61. The molecule has 2 aromatic heterocycles. The summed E-state index contributed by atoms with van der Waals surface area (Å²) in [5.41, 5.74) is 0.733. The van der Waals surface area contributed by atoms with Crippen LogP contribution in [-0.4, -0.2) is 31.4 Å². The lowest BCUT2D eigenvalue weighted by atomic mass is 9.93. The van der Waals surface area contributed by atoms with Crippen LogP contribution in [0.1, 0.15) is 36.6 Å². The molecule has 2 aromatic carbocycles. The van der Waals surface area contributed by atoms with Crippen LogP contribution < -0.4 is 10.1 Å². The Balaban J connectivity index is 1.48. The first-order valence-electron chi connectivity index (χ1n) is 10.8. The summed E-state index contributed by atoms with van der Waals surface area (Å²) in [5.74, 6) is -4.23. The van der Waals surface area contributed by atoms with Gasteiger partial charge in [-0.1, -0.05) is 18.0 Å². The van der Waals surface area contributed by atoms with Gasteiger partial charge in [0.1, 0.15) is 28.7 Å². The zero-order valence-corrected chi connectivity index (χ0v) is 19.2. The molecule has 0 amide bonds. The Bertz CT molecular complexity index is 1380. The van der Waals surface area contributed by atoms with E-state index in [0.29, 0.717) is 24.5 Å². The number of hydrogen-bond acceptors (Lipinski definition) is 5. The quantitative estimate of drug-likeness (QED) is 0.276. The van der Waals surface area contributed by atoms with Crippen molar-refractivity contribution in [3.63, 3.8) is 0 Å². The van der Waals surface area contributed by atoms with Crippen LogP contribution in [0.25, 0.3) is 5.69 Å². The maximum atomic E-state index is 15.0. The van der Waals surface area contributed by atoms with Gasteiger partial charge in [-0.3, -0.25) is 4.57 Å². The van der Waals surface area contributed by atoms with Gasteiger partial charge in [0.2, 0.25) is 5.95 Å². The second-order valence-electron chi connectivity index (χ2n) is 8.10. The van der Waals surface area contributed by atoms with E-state index in [0.717, 1.165) is 25.0 Å². The number of imidazole rings is 1. The Morgan fingerprint density at radius 2 is 1.83 bits per heavy atom. The number of ether oxygens (including phenoxy) is 1. The van der Waals surface area contributed by atoms with Gasteiger partial charge in [0.25, 0.3) is 0 Å². The molecule has 1 N–H and O–H groups in total. The van der Waals surface area contributed by atoms with Crippen LogP contribution in [0.3, 0.4) is 0 Å². The average molecular weight is 507 g/mol. The SMILES string of the molecule is COc1cc(Nc2nc3n(n2)CCCC[C@H]3c2cc(F)c(F)c(F)c2)cc(F)c1-n1cnc(Cl)c1. The smallest absolute Gasteiger partial charge is 0.246 e. The molecule has 0 unspecified atom stereocenters. The largest absolute Gasteiger partial charge is 0.494 e. The summed E-state index contributed by atoms with van der Waals surface area (Å²) in [6, 6.07) is 4.80. The standard InChI is InChI=1S/C23H19ClF4N6O/c1-35-18-9-13(8-17(27)21(18)33-10-19(24)29-11-33)30-23-31-22-14(4-2-3-5-34(22)32-23)12-6-15(25)20(28)16(26)7-12/h6-11,14H,2-5H2,1H3,(H,30,32)/t14-/m0/s1. The number of benzene rings is 2. The second kappa shape index (κ2) is 9.21. The monoisotopic (exact) mass is 506 g/mol. The zero-order chi connectivity index (χ0) is 24.7. The van der Waals surface area contributed by atoms with Gasteiger partial charge in [0.15, 0.2) is 23.3 Å². The summed E-state index contributed by atoms with van der Waals surface area (Å²) in [6.07, 6.45) is 4.94. The molecule has 1 aliphatic heterocycles. The van der Waals surface area contributed by atoms with E-state index in [9.17, 15) is 13.2 Å². The number of hydrogen-bond donors (Lipinski definition) is 1. The molecule has 0 radical (unpaired) electrons. The molecule has 0 aliphatic carbocycles. The van der Waals surface area contributed by atoms with E-state index in [4.69, 9.17) is 16.3 Å². The molecule has 0 fully saturated rings. The Kier molecular flexibility index (Phi) is 6.10. The maximum absolute atomic E-state index is 15.0. The van der Waals surface area contributed by atoms with E-state index in [1.54, 1.807) is 10.7 Å². The predicted molar refractivity (Wildman–Crippen MR) is 120 cm³/mol. The number of fused-ring (bicyclic) bond motifs is 1. The molecule has 7 nitrogen and oxygen atoms in total. The van der Waals surface area contributed by atoms with Crippen molar-refractivity contribution in [1.82, 2.24) is 24.3 Å². The third-order valence-electron chi connectivity index (χ3n) is 5.85. The Labute approximate surface area is 202 Å². The van der Waals surface area contributed by atoms with Crippen molar-refractivity contribution in [2.75, 3.05) is 12.4 Å². The lowest BCUT2D eigenvalue weighted by Crippen LogP contribution is -2.09. The van der Waals surface area contributed by atoms with E-state index >= 15 is 4.39 Å². The third kappa shape index (κ3) is 4.43. The molecule has 1 aliphatic rings. The molecule has 12 heteroatoms. The van der Waals surface area contributed by atoms with E-state index < -0.39 is 29.2 Å². The Morgan fingerprint density at radius 3 is 2.51 bits per heavy atom. The van der Waals surface area contributed by atoms with Gasteiger partial charge in [0, 0.05) is 30.4 Å². The predicted octanol–water partition coefficient (Wildman–Crippen LogP) is 5.74. The van der Waals surface area contributed by atoms with E-state index in [-0.39, 0.29) is 28.1 Å². The van der Waals surface area contributed by atoms with Crippen molar-refractivity contribution in [2.45, 2.75) is 31.7 Å². The van der Waals surface area contributed by atoms with Crippen LogP contribution in [0, 0.1) is 23.3 Å². The average Bonchev–Trinajstić information content (AvgIpc) is 3.37. The van der Waals surface area contributed by atoms with Crippen molar-refractivity contribution in [3.8, 4) is 11.4 Å². The van der Waals surface area contributed by atoms with Gasteiger partial charge in [0.05, 0.1) is 7.11 Å². The lowest BCUT2D eigenvalue weighted by molar-refractivity contribution is 0.409. The highest BCUT2D eigenvalue weighted by Crippen LogP contribution is 2.35. The van der Waals surface area contributed by atoms with Crippen molar-refractivity contribution in [2.24, 2.45) is 0 Å². The molecule has 4 aromatic rings. The number of nitrogens with one attached hydrogen (secondary N) is 1. The molecule has 1 atom stereocenters. The highest BCUT2D eigenvalue weighted by atomic mass is 35.5. The highest BCUT2D eigenvalue weighted by molar-refractivity contribution is 6.29. The second-order valence-corrected chi connectivity index (χ2v) is 8.49. The molecular formula is C23H19ClF4N6O. The van der Waals surface area contributed by atoms with E-state index in [2.05, 4.69) is 20.4 Å². The fourth-order valence-corrected chi connectivity index (χ4v) is 4.41. The topological polar surface area (TPSA) is 69.8 Å². The summed E-state index contributed by atoms with van der Waals surface area (Å²) in [4.78, 5) is 8.41. The van der Waals surface area contributed by atoms with E-state index in [1.165, 1.54) is 30.3 Å². The van der Waals surface area contributed by atoms with Gasteiger partial charge in [-0.05, 0) is 36.6 Å².